The molecule has 1 unspecified atom stereocenters. The minimum absolute atomic E-state index is 0.0674. The molecule has 3 saturated heterocycles. The quantitative estimate of drug-likeness (QED) is 0.706. The van der Waals surface area contributed by atoms with E-state index in [1.807, 2.05) is 0 Å². The number of carbonyl (C=O) groups is 1. The highest BCUT2D eigenvalue weighted by Crippen LogP contribution is 2.44. The summed E-state index contributed by atoms with van der Waals surface area (Å²) in [6, 6.07) is 0. The lowest BCUT2D eigenvalue weighted by atomic mass is 9.85. The van der Waals surface area contributed by atoms with Crippen molar-refractivity contribution in [3.63, 3.8) is 0 Å². The first-order chi connectivity index (χ1) is 7.68. The molecule has 4 nitrogen and oxygen atoms in total. The van der Waals surface area contributed by atoms with E-state index in [0.29, 0.717) is 19.6 Å². The summed E-state index contributed by atoms with van der Waals surface area (Å²) in [6.07, 6.45) is 3.85. The van der Waals surface area contributed by atoms with Gasteiger partial charge in [-0.2, -0.15) is 0 Å². The summed E-state index contributed by atoms with van der Waals surface area (Å²) in [6.45, 7) is 2.94. The molecule has 0 aromatic rings. The van der Waals surface area contributed by atoms with Crippen molar-refractivity contribution < 1.29 is 19.0 Å². The van der Waals surface area contributed by atoms with E-state index in [4.69, 9.17) is 14.2 Å². The van der Waals surface area contributed by atoms with Gasteiger partial charge < -0.3 is 14.2 Å². The zero-order valence-electron chi connectivity index (χ0n) is 9.61. The number of Topliss-reactive ketones (excluding diaryl/α,β-unsaturated/α-hetero) is 1. The maximum Gasteiger partial charge on any atom is 0.132 e. The van der Waals surface area contributed by atoms with Crippen molar-refractivity contribution in [3.8, 4) is 0 Å². The predicted octanol–water partition coefficient (Wildman–Crippen LogP) is 1.07. The molecule has 3 aliphatic heterocycles. The normalized spacial score (nSPS) is 46.4. The molecule has 90 valence electrons. The third-order valence-corrected chi connectivity index (χ3v) is 3.83. The van der Waals surface area contributed by atoms with Crippen molar-refractivity contribution in [2.24, 2.45) is 0 Å². The van der Waals surface area contributed by atoms with Crippen LogP contribution in [0.5, 0.6) is 0 Å². The molecule has 4 atom stereocenters. The van der Waals surface area contributed by atoms with Gasteiger partial charge in [-0.25, -0.2) is 0 Å². The highest BCUT2D eigenvalue weighted by Gasteiger charge is 2.55. The van der Waals surface area contributed by atoms with E-state index < -0.39 is 0 Å². The maximum absolute atomic E-state index is 11.1. The minimum Gasteiger partial charge on any atom is -0.376 e. The molecule has 4 heteroatoms. The van der Waals surface area contributed by atoms with E-state index in [9.17, 15) is 4.79 Å². The highest BCUT2D eigenvalue weighted by atomic mass is 16.6. The molecule has 3 aliphatic rings. The first kappa shape index (κ1) is 10.7. The second-order valence-corrected chi connectivity index (χ2v) is 5.25. The molecule has 0 aromatic carbocycles. The standard InChI is InChI=1S/C12H18O4/c1-8(13)4-9-2-3-11-12(16-9)5-10(15-11)6-14-7-12/h9-11H,2-7H2,1H3/t9-,10-,11+,12?/m1/s1. The van der Waals surface area contributed by atoms with Gasteiger partial charge in [-0.1, -0.05) is 0 Å². The number of ketones is 1. The van der Waals surface area contributed by atoms with Gasteiger partial charge in [0.2, 0.25) is 0 Å². The zero-order valence-corrected chi connectivity index (χ0v) is 9.61. The second kappa shape index (κ2) is 3.79. The molecule has 0 aliphatic carbocycles. The fourth-order valence-corrected chi connectivity index (χ4v) is 3.22. The van der Waals surface area contributed by atoms with E-state index in [1.165, 1.54) is 0 Å². The fraction of sp³-hybridized carbons (Fsp3) is 0.917. The SMILES string of the molecule is CC(=O)C[C@H]1CC[C@@H]2O[C@H]3COCC2(C3)O1. The Kier molecular flexibility index (Phi) is 2.53. The van der Waals surface area contributed by atoms with Gasteiger partial charge in [0.25, 0.3) is 0 Å². The average molecular weight is 226 g/mol. The van der Waals surface area contributed by atoms with Crippen LogP contribution in [0.4, 0.5) is 0 Å². The Labute approximate surface area is 95.2 Å². The maximum atomic E-state index is 11.1. The van der Waals surface area contributed by atoms with Gasteiger partial charge >= 0.3 is 0 Å². The van der Waals surface area contributed by atoms with Crippen molar-refractivity contribution in [1.29, 1.82) is 0 Å². The number of hydrogen-bond donors (Lipinski definition) is 0. The third-order valence-electron chi connectivity index (χ3n) is 3.83. The van der Waals surface area contributed by atoms with Gasteiger partial charge in [-0.15, -0.1) is 0 Å². The van der Waals surface area contributed by atoms with E-state index in [0.717, 1.165) is 19.3 Å². The van der Waals surface area contributed by atoms with Crippen LogP contribution < -0.4 is 0 Å². The van der Waals surface area contributed by atoms with Crippen molar-refractivity contribution in [1.82, 2.24) is 0 Å². The molecule has 1 spiro atoms. The highest BCUT2D eigenvalue weighted by molar-refractivity contribution is 5.76. The molecule has 0 radical (unpaired) electrons. The number of rotatable bonds is 2. The largest absolute Gasteiger partial charge is 0.376 e. The molecule has 0 amide bonds. The summed E-state index contributed by atoms with van der Waals surface area (Å²) in [5.74, 6) is 0.201. The molecule has 0 saturated carbocycles. The molecule has 3 heterocycles. The summed E-state index contributed by atoms with van der Waals surface area (Å²) >= 11 is 0. The smallest absolute Gasteiger partial charge is 0.132 e. The first-order valence-electron chi connectivity index (χ1n) is 6.08. The molecule has 0 N–H and O–H groups in total. The van der Waals surface area contributed by atoms with Gasteiger partial charge in [0.05, 0.1) is 31.5 Å². The molecule has 16 heavy (non-hydrogen) atoms. The van der Waals surface area contributed by atoms with Crippen LogP contribution in [0.15, 0.2) is 0 Å². The minimum atomic E-state index is -0.249. The lowest BCUT2D eigenvalue weighted by molar-refractivity contribution is -0.185. The van der Waals surface area contributed by atoms with Crippen molar-refractivity contribution in [3.05, 3.63) is 0 Å². The topological polar surface area (TPSA) is 44.8 Å². The molecular formula is C12H18O4. The van der Waals surface area contributed by atoms with Gasteiger partial charge in [0.15, 0.2) is 0 Å². The van der Waals surface area contributed by atoms with Gasteiger partial charge in [0, 0.05) is 12.8 Å². The van der Waals surface area contributed by atoms with E-state index in [1.54, 1.807) is 6.92 Å². The monoisotopic (exact) mass is 226 g/mol. The summed E-state index contributed by atoms with van der Waals surface area (Å²) in [4.78, 5) is 11.1. The van der Waals surface area contributed by atoms with Gasteiger partial charge in [-0.3, -0.25) is 4.79 Å². The summed E-state index contributed by atoms with van der Waals surface area (Å²) in [5.41, 5.74) is -0.249. The zero-order chi connectivity index (χ0) is 11.2. The van der Waals surface area contributed by atoms with Crippen LogP contribution >= 0.6 is 0 Å². The third kappa shape index (κ3) is 1.69. The molecule has 3 fully saturated rings. The average Bonchev–Trinajstić information content (AvgIpc) is 2.46. The Morgan fingerprint density at radius 1 is 1.44 bits per heavy atom. The number of fused-ring (bicyclic) bond motifs is 1. The van der Waals surface area contributed by atoms with Gasteiger partial charge in [-0.05, 0) is 19.8 Å². The summed E-state index contributed by atoms with van der Waals surface area (Å²) in [5, 5.41) is 0. The summed E-state index contributed by atoms with van der Waals surface area (Å²) in [7, 11) is 0. The van der Waals surface area contributed by atoms with Crippen LogP contribution in [0.2, 0.25) is 0 Å². The van der Waals surface area contributed by atoms with Gasteiger partial charge in [0.1, 0.15) is 11.4 Å². The van der Waals surface area contributed by atoms with E-state index in [-0.39, 0.29) is 29.7 Å². The van der Waals surface area contributed by atoms with Crippen molar-refractivity contribution in [2.45, 2.75) is 56.5 Å². The number of carbonyl (C=O) groups excluding carboxylic acids is 1. The molecule has 2 bridgehead atoms. The van der Waals surface area contributed by atoms with Crippen LogP contribution in [-0.2, 0) is 19.0 Å². The molecule has 0 aromatic heterocycles. The number of ether oxygens (including phenoxy) is 3. The Bertz CT molecular complexity index is 303. The molecular weight excluding hydrogens is 208 g/mol. The van der Waals surface area contributed by atoms with Crippen LogP contribution in [-0.4, -0.2) is 42.9 Å². The lowest BCUT2D eigenvalue weighted by Gasteiger charge is -2.42. The second-order valence-electron chi connectivity index (χ2n) is 5.25. The number of hydrogen-bond acceptors (Lipinski definition) is 4. The Balaban J connectivity index is 1.73. The first-order valence-corrected chi connectivity index (χ1v) is 6.08. The fourth-order valence-electron chi connectivity index (χ4n) is 3.22. The Hall–Kier alpha value is -0.450. The van der Waals surface area contributed by atoms with Crippen molar-refractivity contribution >= 4 is 5.78 Å². The van der Waals surface area contributed by atoms with Crippen LogP contribution in [0, 0.1) is 0 Å². The predicted molar refractivity (Wildman–Crippen MR) is 56.2 cm³/mol. The van der Waals surface area contributed by atoms with Crippen molar-refractivity contribution in [2.75, 3.05) is 13.2 Å². The summed E-state index contributed by atoms with van der Waals surface area (Å²) < 4.78 is 17.5. The molecule has 3 rings (SSSR count). The van der Waals surface area contributed by atoms with Crippen LogP contribution in [0.1, 0.15) is 32.6 Å². The van der Waals surface area contributed by atoms with Crippen LogP contribution in [0.25, 0.3) is 0 Å². The Morgan fingerprint density at radius 2 is 2.31 bits per heavy atom. The van der Waals surface area contributed by atoms with E-state index in [2.05, 4.69) is 0 Å². The van der Waals surface area contributed by atoms with Crippen LogP contribution in [0.3, 0.4) is 0 Å². The lowest BCUT2D eigenvalue weighted by Crippen LogP contribution is -2.52. The Morgan fingerprint density at radius 3 is 3.12 bits per heavy atom. The van der Waals surface area contributed by atoms with E-state index >= 15 is 0 Å².